The Morgan fingerprint density at radius 3 is 2.53 bits per heavy atom. The van der Waals surface area contributed by atoms with Crippen molar-refractivity contribution >= 4 is 44.8 Å². The topological polar surface area (TPSA) is 75.7 Å². The van der Waals surface area contributed by atoms with E-state index in [2.05, 4.69) is 5.32 Å². The lowest BCUT2D eigenvalue weighted by molar-refractivity contribution is -0.121. The fourth-order valence-electron chi connectivity index (χ4n) is 2.78. The van der Waals surface area contributed by atoms with E-state index in [1.54, 1.807) is 18.2 Å². The van der Waals surface area contributed by atoms with Crippen molar-refractivity contribution in [3.8, 4) is 5.75 Å². The Hall–Kier alpha value is -1.96. The minimum absolute atomic E-state index is 0.117. The summed E-state index contributed by atoms with van der Waals surface area (Å²) in [6.07, 6.45) is 1.60. The van der Waals surface area contributed by atoms with Crippen LogP contribution in [0.3, 0.4) is 0 Å². The quantitative estimate of drug-likeness (QED) is 0.521. The average Bonchev–Trinajstić information content (AvgIpc) is 2.67. The molecule has 2 aromatic carbocycles. The van der Waals surface area contributed by atoms with Crippen LogP contribution in [0.25, 0.3) is 0 Å². The predicted molar refractivity (Wildman–Crippen MR) is 122 cm³/mol. The molecule has 0 heterocycles. The molecular formula is C21H26Cl2N2O4S. The summed E-state index contributed by atoms with van der Waals surface area (Å²) in [5.74, 6) is 0.582. The van der Waals surface area contributed by atoms with Crippen LogP contribution in [0.15, 0.2) is 36.4 Å². The monoisotopic (exact) mass is 472 g/mol. The highest BCUT2D eigenvalue weighted by Gasteiger charge is 2.21. The first-order valence-electron chi connectivity index (χ1n) is 9.48. The van der Waals surface area contributed by atoms with Gasteiger partial charge in [0.05, 0.1) is 28.5 Å². The second-order valence-corrected chi connectivity index (χ2v) is 9.65. The maximum absolute atomic E-state index is 12.2. The van der Waals surface area contributed by atoms with E-state index in [1.165, 1.54) is 5.56 Å². The van der Waals surface area contributed by atoms with Gasteiger partial charge in [-0.25, -0.2) is 8.42 Å². The zero-order valence-electron chi connectivity index (χ0n) is 17.2. The molecule has 0 spiro atoms. The van der Waals surface area contributed by atoms with E-state index < -0.39 is 10.0 Å². The third-order valence-electron chi connectivity index (χ3n) is 4.54. The van der Waals surface area contributed by atoms with Gasteiger partial charge in [0.25, 0.3) is 0 Å². The van der Waals surface area contributed by atoms with Gasteiger partial charge in [-0.05, 0) is 55.7 Å². The molecule has 0 fully saturated rings. The number of hydrogen-bond acceptors (Lipinski definition) is 4. The first kappa shape index (κ1) is 24.3. The molecule has 1 amide bonds. The number of amides is 1. The summed E-state index contributed by atoms with van der Waals surface area (Å²) in [5, 5.41) is 3.20. The molecule has 2 rings (SSSR count). The molecule has 0 saturated heterocycles. The molecule has 0 unspecified atom stereocenters. The highest BCUT2D eigenvalue weighted by molar-refractivity contribution is 7.92. The van der Waals surface area contributed by atoms with Crippen molar-refractivity contribution in [2.45, 2.75) is 26.7 Å². The van der Waals surface area contributed by atoms with E-state index in [4.69, 9.17) is 27.9 Å². The molecule has 0 aliphatic rings. The number of hydrogen-bond donors (Lipinski definition) is 1. The van der Waals surface area contributed by atoms with Crippen LogP contribution in [0.2, 0.25) is 10.0 Å². The molecule has 30 heavy (non-hydrogen) atoms. The van der Waals surface area contributed by atoms with E-state index >= 15 is 0 Å². The maximum Gasteiger partial charge on any atom is 0.232 e. The van der Waals surface area contributed by atoms with Crippen LogP contribution in [0.4, 0.5) is 5.69 Å². The second kappa shape index (κ2) is 10.9. The van der Waals surface area contributed by atoms with Crippen molar-refractivity contribution in [3.63, 3.8) is 0 Å². The number of carbonyl (C=O) groups is 1. The minimum atomic E-state index is -3.57. The normalized spacial score (nSPS) is 11.2. The molecular weight excluding hydrogens is 447 g/mol. The molecule has 1 N–H and O–H groups in total. The fraction of sp³-hybridized carbons (Fsp3) is 0.381. The number of nitrogens with one attached hydrogen (secondary N) is 1. The number of anilines is 1. The average molecular weight is 473 g/mol. The van der Waals surface area contributed by atoms with Gasteiger partial charge in [-0.3, -0.25) is 9.10 Å². The Labute approximate surface area is 188 Å². The maximum atomic E-state index is 12.2. The van der Waals surface area contributed by atoms with Crippen molar-refractivity contribution in [2.75, 3.05) is 30.3 Å². The highest BCUT2D eigenvalue weighted by Crippen LogP contribution is 2.33. The molecule has 0 aromatic heterocycles. The molecule has 0 atom stereocenters. The fourth-order valence-corrected chi connectivity index (χ4v) is 4.20. The lowest BCUT2D eigenvalue weighted by Gasteiger charge is -2.23. The number of carbonyl (C=O) groups excluding carboxylic acids is 1. The third kappa shape index (κ3) is 7.07. The zero-order valence-corrected chi connectivity index (χ0v) is 19.6. The van der Waals surface area contributed by atoms with Crippen LogP contribution in [0.5, 0.6) is 5.75 Å². The Balaban J connectivity index is 1.80. The van der Waals surface area contributed by atoms with Gasteiger partial charge in [0, 0.05) is 13.0 Å². The smallest absolute Gasteiger partial charge is 0.232 e. The highest BCUT2D eigenvalue weighted by atomic mass is 35.5. The molecule has 6 nitrogen and oxygen atoms in total. The number of rotatable bonds is 10. The molecule has 9 heteroatoms. The number of benzene rings is 2. The van der Waals surface area contributed by atoms with E-state index in [-0.39, 0.29) is 28.9 Å². The number of nitrogens with zero attached hydrogens (tertiary/aromatic N) is 1. The van der Waals surface area contributed by atoms with E-state index in [9.17, 15) is 13.2 Å². The summed E-state index contributed by atoms with van der Waals surface area (Å²) in [5.41, 5.74) is 2.64. The van der Waals surface area contributed by atoms with E-state index in [0.29, 0.717) is 25.3 Å². The summed E-state index contributed by atoms with van der Waals surface area (Å²) in [6.45, 7) is 4.87. The van der Waals surface area contributed by atoms with Crippen molar-refractivity contribution in [1.82, 2.24) is 5.32 Å². The summed E-state index contributed by atoms with van der Waals surface area (Å²) < 4.78 is 31.1. The Kier molecular flexibility index (Phi) is 8.82. The number of ether oxygens (including phenoxy) is 1. The van der Waals surface area contributed by atoms with Gasteiger partial charge in [0.15, 0.2) is 0 Å². The molecule has 0 aliphatic heterocycles. The van der Waals surface area contributed by atoms with Gasteiger partial charge >= 0.3 is 0 Å². The Morgan fingerprint density at radius 1 is 1.13 bits per heavy atom. The predicted octanol–water partition coefficient (Wildman–Crippen LogP) is 4.35. The van der Waals surface area contributed by atoms with Gasteiger partial charge in [0.2, 0.25) is 15.9 Å². The third-order valence-corrected chi connectivity index (χ3v) is 6.53. The number of sulfonamides is 1. The van der Waals surface area contributed by atoms with E-state index in [0.717, 1.165) is 21.9 Å². The van der Waals surface area contributed by atoms with Gasteiger partial charge in [-0.1, -0.05) is 35.3 Å². The standard InChI is InChI=1S/C21H26Cl2N2O4S/c1-15-9-10-17(14-16(15)2)29-13-11-24-20(26)8-5-12-25(30(3,27)28)19-7-4-6-18(22)21(19)23/h4,6-7,9-10,14H,5,8,11-13H2,1-3H3,(H,24,26). The van der Waals surface area contributed by atoms with Gasteiger partial charge in [-0.15, -0.1) is 0 Å². The Morgan fingerprint density at radius 2 is 1.87 bits per heavy atom. The minimum Gasteiger partial charge on any atom is -0.492 e. The van der Waals surface area contributed by atoms with Crippen LogP contribution in [0, 0.1) is 13.8 Å². The van der Waals surface area contributed by atoms with Crippen LogP contribution >= 0.6 is 23.2 Å². The SMILES string of the molecule is Cc1ccc(OCCNC(=O)CCCN(c2cccc(Cl)c2Cl)S(C)(=O)=O)cc1C. The Bertz CT molecular complexity index is 996. The van der Waals surface area contributed by atoms with Crippen molar-refractivity contribution in [1.29, 1.82) is 0 Å². The van der Waals surface area contributed by atoms with Gasteiger partial charge in [0.1, 0.15) is 12.4 Å². The molecule has 164 valence electrons. The second-order valence-electron chi connectivity index (χ2n) is 6.96. The van der Waals surface area contributed by atoms with Crippen molar-refractivity contribution < 1.29 is 17.9 Å². The molecule has 2 aromatic rings. The molecule has 0 radical (unpaired) electrons. The van der Waals surface area contributed by atoms with Crippen molar-refractivity contribution in [2.24, 2.45) is 0 Å². The first-order valence-corrected chi connectivity index (χ1v) is 12.1. The number of halogens is 2. The summed E-state index contributed by atoms with van der Waals surface area (Å²) in [6, 6.07) is 10.6. The zero-order chi connectivity index (χ0) is 22.3. The lowest BCUT2D eigenvalue weighted by Crippen LogP contribution is -2.33. The van der Waals surface area contributed by atoms with Crippen LogP contribution in [-0.4, -0.2) is 40.3 Å². The molecule has 0 saturated carbocycles. The summed E-state index contributed by atoms with van der Waals surface area (Å²) in [7, 11) is -3.57. The van der Waals surface area contributed by atoms with Gasteiger partial charge < -0.3 is 10.1 Å². The molecule has 0 bridgehead atoms. The van der Waals surface area contributed by atoms with E-state index in [1.807, 2.05) is 32.0 Å². The van der Waals surface area contributed by atoms with Crippen LogP contribution in [-0.2, 0) is 14.8 Å². The van der Waals surface area contributed by atoms with Gasteiger partial charge in [-0.2, -0.15) is 0 Å². The first-order chi connectivity index (χ1) is 14.1. The van der Waals surface area contributed by atoms with Crippen LogP contribution in [0.1, 0.15) is 24.0 Å². The number of aryl methyl sites for hydroxylation is 2. The van der Waals surface area contributed by atoms with Crippen LogP contribution < -0.4 is 14.4 Å². The molecule has 0 aliphatic carbocycles. The van der Waals surface area contributed by atoms with Crippen molar-refractivity contribution in [3.05, 3.63) is 57.6 Å². The summed E-state index contributed by atoms with van der Waals surface area (Å²) in [4.78, 5) is 12.1. The lowest BCUT2D eigenvalue weighted by atomic mass is 10.1. The summed E-state index contributed by atoms with van der Waals surface area (Å²) >= 11 is 12.2. The largest absolute Gasteiger partial charge is 0.492 e.